The Bertz CT molecular complexity index is 644. The molecular formula is C22H32O4. The summed E-state index contributed by atoms with van der Waals surface area (Å²) in [5, 5.41) is 9.18. The minimum Gasteiger partial charge on any atom is -0.396 e. The van der Waals surface area contributed by atoms with Crippen molar-refractivity contribution in [3.63, 3.8) is 0 Å². The van der Waals surface area contributed by atoms with Gasteiger partial charge >= 0.3 is 0 Å². The molecule has 0 aromatic carbocycles. The molecule has 144 valence electrons. The van der Waals surface area contributed by atoms with E-state index in [0.29, 0.717) is 54.4 Å². The Morgan fingerprint density at radius 1 is 1.15 bits per heavy atom. The lowest BCUT2D eigenvalue weighted by Gasteiger charge is -2.57. The Morgan fingerprint density at radius 2 is 1.96 bits per heavy atom. The maximum absolute atomic E-state index is 13.4. The summed E-state index contributed by atoms with van der Waals surface area (Å²) >= 11 is 0. The standard InChI is InChI=1S/C22H32O4/c1-21-8-7-17-19(26-17)14(21)6-5-13-15-10-12(4-3-9-23)20(25)22(15,2)11-16(24)18(13)21/h12-15,17-19,23H,3-11H2,1-2H3/t12?,13-,14-,15-,17+,18+,19-,21?,22-/m0/s1. The van der Waals surface area contributed by atoms with Gasteiger partial charge in [0.25, 0.3) is 0 Å². The van der Waals surface area contributed by atoms with Crippen LogP contribution in [0.25, 0.3) is 0 Å². The fourth-order valence-electron chi connectivity index (χ4n) is 7.95. The molecule has 5 aliphatic rings. The van der Waals surface area contributed by atoms with Gasteiger partial charge in [0.05, 0.1) is 12.2 Å². The highest BCUT2D eigenvalue weighted by Crippen LogP contribution is 2.67. The van der Waals surface area contributed by atoms with E-state index in [1.807, 2.05) is 0 Å². The van der Waals surface area contributed by atoms with Gasteiger partial charge in [0.1, 0.15) is 11.6 Å². The van der Waals surface area contributed by atoms with E-state index in [2.05, 4.69) is 13.8 Å². The molecule has 5 fully saturated rings. The third-order valence-corrected chi connectivity index (χ3v) is 9.19. The van der Waals surface area contributed by atoms with Crippen LogP contribution < -0.4 is 0 Å². The van der Waals surface area contributed by atoms with Gasteiger partial charge in [0, 0.05) is 30.3 Å². The predicted molar refractivity (Wildman–Crippen MR) is 96.4 cm³/mol. The van der Waals surface area contributed by atoms with Crippen LogP contribution in [0.4, 0.5) is 0 Å². The number of epoxide rings is 1. The molecule has 0 spiro atoms. The molecule has 26 heavy (non-hydrogen) atoms. The SMILES string of the molecule is CC12CC[C@H]3O[C@H]3[C@@H]1CC[C@@H]1[C@@H]2C(=O)C[C@]2(C)C(=O)C(CCCO)C[C@@H]12. The zero-order valence-corrected chi connectivity index (χ0v) is 16.1. The summed E-state index contributed by atoms with van der Waals surface area (Å²) < 4.78 is 5.92. The van der Waals surface area contributed by atoms with Crippen molar-refractivity contribution in [1.82, 2.24) is 0 Å². The number of aliphatic hydroxyl groups excluding tert-OH is 1. The number of aliphatic hydroxyl groups is 1. The average Bonchev–Trinajstić information content (AvgIpc) is 3.34. The lowest BCUT2D eigenvalue weighted by molar-refractivity contribution is -0.158. The molecule has 2 unspecified atom stereocenters. The molecule has 1 aliphatic heterocycles. The van der Waals surface area contributed by atoms with Crippen molar-refractivity contribution in [2.24, 2.45) is 40.4 Å². The summed E-state index contributed by atoms with van der Waals surface area (Å²) in [6.45, 7) is 4.58. The zero-order valence-electron chi connectivity index (χ0n) is 16.1. The van der Waals surface area contributed by atoms with Gasteiger partial charge in [0.2, 0.25) is 0 Å². The van der Waals surface area contributed by atoms with Crippen LogP contribution in [-0.2, 0) is 14.3 Å². The van der Waals surface area contributed by atoms with Gasteiger partial charge in [-0.3, -0.25) is 9.59 Å². The van der Waals surface area contributed by atoms with E-state index < -0.39 is 5.41 Å². The minimum absolute atomic E-state index is 0.0525. The molecule has 1 saturated heterocycles. The first-order chi connectivity index (χ1) is 12.4. The second-order valence-electron chi connectivity index (χ2n) is 10.3. The zero-order chi connectivity index (χ0) is 18.3. The number of carbonyl (C=O) groups is 2. The maximum atomic E-state index is 13.4. The van der Waals surface area contributed by atoms with Crippen molar-refractivity contribution < 1.29 is 19.4 Å². The topological polar surface area (TPSA) is 66.9 Å². The number of ketones is 2. The molecule has 0 aromatic heterocycles. The number of rotatable bonds is 3. The Labute approximate surface area is 156 Å². The summed E-state index contributed by atoms with van der Waals surface area (Å²) in [4.78, 5) is 26.5. The number of fused-ring (bicyclic) bond motifs is 7. The number of carbonyl (C=O) groups excluding carboxylic acids is 2. The monoisotopic (exact) mass is 360 g/mol. The smallest absolute Gasteiger partial charge is 0.142 e. The molecule has 4 heteroatoms. The van der Waals surface area contributed by atoms with Gasteiger partial charge in [0.15, 0.2) is 0 Å². The number of ether oxygens (including phenoxy) is 1. The first-order valence-electron chi connectivity index (χ1n) is 10.7. The van der Waals surface area contributed by atoms with Gasteiger partial charge < -0.3 is 9.84 Å². The summed E-state index contributed by atoms with van der Waals surface area (Å²) in [6, 6.07) is 0. The molecule has 4 aliphatic carbocycles. The van der Waals surface area contributed by atoms with E-state index >= 15 is 0 Å². The third-order valence-electron chi connectivity index (χ3n) is 9.19. The Kier molecular flexibility index (Phi) is 3.76. The largest absolute Gasteiger partial charge is 0.396 e. The second kappa shape index (κ2) is 5.64. The van der Waals surface area contributed by atoms with Gasteiger partial charge in [-0.1, -0.05) is 13.8 Å². The molecule has 0 amide bonds. The van der Waals surface area contributed by atoms with E-state index in [0.717, 1.165) is 38.5 Å². The van der Waals surface area contributed by atoms with E-state index in [-0.39, 0.29) is 23.9 Å². The van der Waals surface area contributed by atoms with E-state index in [4.69, 9.17) is 4.74 Å². The lowest BCUT2D eigenvalue weighted by atomic mass is 9.45. The van der Waals surface area contributed by atoms with Gasteiger partial charge in [-0.2, -0.15) is 0 Å². The van der Waals surface area contributed by atoms with Gasteiger partial charge in [-0.15, -0.1) is 0 Å². The van der Waals surface area contributed by atoms with Crippen molar-refractivity contribution in [1.29, 1.82) is 0 Å². The van der Waals surface area contributed by atoms with Crippen LogP contribution in [0.2, 0.25) is 0 Å². The first kappa shape index (κ1) is 17.4. The Balaban J connectivity index is 1.46. The van der Waals surface area contributed by atoms with Gasteiger partial charge in [-0.05, 0) is 68.1 Å². The third kappa shape index (κ3) is 2.15. The van der Waals surface area contributed by atoms with Crippen LogP contribution in [0.1, 0.15) is 65.2 Å². The molecular weight excluding hydrogens is 328 g/mol. The maximum Gasteiger partial charge on any atom is 0.142 e. The molecule has 4 saturated carbocycles. The fourth-order valence-corrected chi connectivity index (χ4v) is 7.95. The molecule has 1 heterocycles. The van der Waals surface area contributed by atoms with E-state index in [1.165, 1.54) is 0 Å². The summed E-state index contributed by atoms with van der Waals surface area (Å²) in [7, 11) is 0. The second-order valence-corrected chi connectivity index (χ2v) is 10.3. The average molecular weight is 360 g/mol. The molecule has 0 aromatic rings. The number of Topliss-reactive ketones (excluding diaryl/α,β-unsaturated/α-hetero) is 2. The highest BCUT2D eigenvalue weighted by Gasteiger charge is 2.68. The van der Waals surface area contributed by atoms with E-state index in [1.54, 1.807) is 0 Å². The summed E-state index contributed by atoms with van der Waals surface area (Å²) in [6.07, 6.45) is 8.19. The van der Waals surface area contributed by atoms with Crippen LogP contribution in [0.3, 0.4) is 0 Å². The van der Waals surface area contributed by atoms with Crippen LogP contribution in [0.5, 0.6) is 0 Å². The van der Waals surface area contributed by atoms with E-state index in [9.17, 15) is 14.7 Å². The predicted octanol–water partition coefficient (Wildman–Crippen LogP) is 3.15. The molecule has 4 nitrogen and oxygen atoms in total. The minimum atomic E-state index is -0.450. The first-order valence-corrected chi connectivity index (χ1v) is 10.7. The fraction of sp³-hybridized carbons (Fsp3) is 0.909. The van der Waals surface area contributed by atoms with Crippen LogP contribution >= 0.6 is 0 Å². The van der Waals surface area contributed by atoms with Crippen molar-refractivity contribution in [2.45, 2.75) is 77.4 Å². The van der Waals surface area contributed by atoms with Crippen molar-refractivity contribution in [3.8, 4) is 0 Å². The highest BCUT2D eigenvalue weighted by atomic mass is 16.6. The number of hydrogen-bond acceptors (Lipinski definition) is 4. The lowest BCUT2D eigenvalue weighted by Crippen LogP contribution is -2.58. The van der Waals surface area contributed by atoms with Crippen LogP contribution in [0, 0.1) is 40.4 Å². The molecule has 5 rings (SSSR count). The molecule has 0 radical (unpaired) electrons. The van der Waals surface area contributed by atoms with Crippen molar-refractivity contribution >= 4 is 11.6 Å². The quantitative estimate of drug-likeness (QED) is 0.785. The summed E-state index contributed by atoms with van der Waals surface area (Å²) in [5.41, 5.74) is -0.375. The summed E-state index contributed by atoms with van der Waals surface area (Å²) in [5.74, 6) is 2.13. The molecule has 9 atom stereocenters. The van der Waals surface area contributed by atoms with Crippen LogP contribution in [0.15, 0.2) is 0 Å². The van der Waals surface area contributed by atoms with Crippen molar-refractivity contribution in [2.75, 3.05) is 6.61 Å². The normalized spacial score (nSPS) is 55.0. The number of hydrogen-bond donors (Lipinski definition) is 1. The highest BCUT2D eigenvalue weighted by molar-refractivity contribution is 5.96. The van der Waals surface area contributed by atoms with Crippen LogP contribution in [-0.4, -0.2) is 35.5 Å². The van der Waals surface area contributed by atoms with Gasteiger partial charge in [-0.25, -0.2) is 0 Å². The Morgan fingerprint density at radius 3 is 2.73 bits per heavy atom. The Hall–Kier alpha value is -0.740. The molecule has 0 bridgehead atoms. The van der Waals surface area contributed by atoms with Crippen molar-refractivity contribution in [3.05, 3.63) is 0 Å². The molecule has 1 N–H and O–H groups in total.